The third-order valence-electron chi connectivity index (χ3n) is 2.98. The lowest BCUT2D eigenvalue weighted by Gasteiger charge is -2.16. The molecule has 10 heteroatoms. The summed E-state index contributed by atoms with van der Waals surface area (Å²) in [5.41, 5.74) is -0.183. The highest BCUT2D eigenvalue weighted by molar-refractivity contribution is 5.97. The topological polar surface area (TPSA) is 104 Å². The van der Waals surface area contributed by atoms with Gasteiger partial charge >= 0.3 is 12.1 Å². The minimum absolute atomic E-state index is 0.0662. The molecule has 0 aliphatic rings. The van der Waals surface area contributed by atoms with E-state index in [0.29, 0.717) is 0 Å². The molecule has 0 aliphatic carbocycles. The van der Waals surface area contributed by atoms with Gasteiger partial charge in [0.05, 0.1) is 17.4 Å². The number of aliphatic hydroxyl groups excluding tert-OH is 1. The number of carbonyl (C=O) groups is 2. The summed E-state index contributed by atoms with van der Waals surface area (Å²) in [6.07, 6.45) is -5.97. The van der Waals surface area contributed by atoms with E-state index in [-0.39, 0.29) is 17.7 Å². The molecule has 0 radical (unpaired) electrons. The molecule has 23 heavy (non-hydrogen) atoms. The van der Waals surface area contributed by atoms with Crippen molar-refractivity contribution in [2.24, 2.45) is 7.05 Å². The van der Waals surface area contributed by atoms with Crippen LogP contribution in [0.3, 0.4) is 0 Å². The molecule has 0 aliphatic heterocycles. The Balaban J connectivity index is 2.88. The summed E-state index contributed by atoms with van der Waals surface area (Å²) in [6.45, 7) is 1.36. The number of nitrogens with one attached hydrogen (secondary N) is 1. The summed E-state index contributed by atoms with van der Waals surface area (Å²) in [6, 6.07) is -1.35. The zero-order chi connectivity index (χ0) is 17.8. The normalized spacial score (nSPS) is 14.3. The minimum Gasteiger partial charge on any atom is -0.480 e. The molecule has 1 aromatic heterocycles. The summed E-state index contributed by atoms with van der Waals surface area (Å²) in [5.74, 6) is -2.19. The fourth-order valence-corrected chi connectivity index (χ4v) is 1.97. The van der Waals surface area contributed by atoms with Gasteiger partial charge in [0.1, 0.15) is 6.04 Å². The molecule has 0 fully saturated rings. The number of carbonyl (C=O) groups excluding carboxylic acids is 1. The Labute approximate surface area is 130 Å². The van der Waals surface area contributed by atoms with Gasteiger partial charge in [0.2, 0.25) is 0 Å². The van der Waals surface area contributed by atoms with Crippen molar-refractivity contribution in [3.8, 4) is 0 Å². The standard InChI is InChI=1S/C13H18F3N3O4/c1-7(20)5-10(12(22)23)17-11(21)8-6-19(2)18-9(8)3-4-13(14,15)16/h6-7,10,20H,3-5H2,1-2H3,(H,17,21)(H,22,23). The molecule has 0 bridgehead atoms. The van der Waals surface area contributed by atoms with E-state index in [0.717, 1.165) is 0 Å². The largest absolute Gasteiger partial charge is 0.480 e. The molecule has 1 heterocycles. The van der Waals surface area contributed by atoms with Crippen LogP contribution in [0.1, 0.15) is 35.8 Å². The molecule has 1 amide bonds. The number of aryl methyl sites for hydroxylation is 2. The number of hydrogen-bond donors (Lipinski definition) is 3. The van der Waals surface area contributed by atoms with Gasteiger partial charge in [0.15, 0.2) is 0 Å². The van der Waals surface area contributed by atoms with E-state index in [2.05, 4.69) is 10.4 Å². The number of carboxylic acid groups (broad SMARTS) is 1. The van der Waals surface area contributed by atoms with Gasteiger partial charge in [-0.1, -0.05) is 0 Å². The Kier molecular flexibility index (Phi) is 6.13. The number of amides is 1. The summed E-state index contributed by atoms with van der Waals surface area (Å²) in [7, 11) is 1.44. The van der Waals surface area contributed by atoms with Crippen LogP contribution in [0.4, 0.5) is 13.2 Å². The Morgan fingerprint density at radius 2 is 2.04 bits per heavy atom. The molecule has 3 N–H and O–H groups in total. The highest BCUT2D eigenvalue weighted by Crippen LogP contribution is 2.22. The Morgan fingerprint density at radius 1 is 1.43 bits per heavy atom. The average Bonchev–Trinajstić information content (AvgIpc) is 2.75. The van der Waals surface area contributed by atoms with Crippen LogP contribution in [-0.2, 0) is 18.3 Å². The summed E-state index contributed by atoms with van der Waals surface area (Å²) >= 11 is 0. The first-order valence-corrected chi connectivity index (χ1v) is 6.80. The van der Waals surface area contributed by atoms with Gasteiger partial charge in [0, 0.05) is 32.5 Å². The molecule has 2 atom stereocenters. The van der Waals surface area contributed by atoms with Gasteiger partial charge < -0.3 is 15.5 Å². The third-order valence-corrected chi connectivity index (χ3v) is 2.98. The minimum atomic E-state index is -4.39. The molecule has 130 valence electrons. The van der Waals surface area contributed by atoms with Crippen molar-refractivity contribution in [3.05, 3.63) is 17.5 Å². The Hall–Kier alpha value is -2.10. The lowest BCUT2D eigenvalue weighted by Crippen LogP contribution is -2.42. The van der Waals surface area contributed by atoms with Gasteiger partial charge in [-0.3, -0.25) is 9.48 Å². The number of halogens is 3. The fraction of sp³-hybridized carbons (Fsp3) is 0.615. The van der Waals surface area contributed by atoms with Crippen LogP contribution in [0.15, 0.2) is 6.20 Å². The number of alkyl halides is 3. The van der Waals surface area contributed by atoms with E-state index in [1.807, 2.05) is 0 Å². The maximum Gasteiger partial charge on any atom is 0.389 e. The fourth-order valence-electron chi connectivity index (χ4n) is 1.97. The summed E-state index contributed by atoms with van der Waals surface area (Å²) < 4.78 is 38.1. The first kappa shape index (κ1) is 18.9. The van der Waals surface area contributed by atoms with Crippen molar-refractivity contribution >= 4 is 11.9 Å². The van der Waals surface area contributed by atoms with Crippen LogP contribution in [-0.4, -0.2) is 50.2 Å². The molecule has 7 nitrogen and oxygen atoms in total. The van der Waals surface area contributed by atoms with Crippen LogP contribution in [0.25, 0.3) is 0 Å². The van der Waals surface area contributed by atoms with Crippen molar-refractivity contribution in [1.29, 1.82) is 0 Å². The molecular formula is C13H18F3N3O4. The summed E-state index contributed by atoms with van der Waals surface area (Å²) in [5, 5.41) is 24.2. The van der Waals surface area contributed by atoms with E-state index in [1.54, 1.807) is 0 Å². The molecule has 1 rings (SSSR count). The van der Waals surface area contributed by atoms with Crippen molar-refractivity contribution in [3.63, 3.8) is 0 Å². The highest BCUT2D eigenvalue weighted by atomic mass is 19.4. The van der Waals surface area contributed by atoms with E-state index >= 15 is 0 Å². The van der Waals surface area contributed by atoms with E-state index in [4.69, 9.17) is 5.11 Å². The van der Waals surface area contributed by atoms with E-state index in [1.165, 1.54) is 24.9 Å². The molecule has 2 unspecified atom stereocenters. The molecular weight excluding hydrogens is 319 g/mol. The number of hydrogen-bond acceptors (Lipinski definition) is 4. The zero-order valence-electron chi connectivity index (χ0n) is 12.6. The van der Waals surface area contributed by atoms with Crippen molar-refractivity contribution in [2.45, 2.75) is 44.5 Å². The van der Waals surface area contributed by atoms with E-state index < -0.39 is 43.0 Å². The number of aliphatic carboxylic acids is 1. The Bertz CT molecular complexity index is 569. The second kappa shape index (κ2) is 7.44. The lowest BCUT2D eigenvalue weighted by molar-refractivity contribution is -0.140. The number of rotatable bonds is 7. The van der Waals surface area contributed by atoms with Crippen LogP contribution in [0, 0.1) is 0 Å². The maximum atomic E-state index is 12.3. The van der Waals surface area contributed by atoms with E-state index in [9.17, 15) is 27.9 Å². The molecule has 0 aromatic carbocycles. The second-order valence-electron chi connectivity index (χ2n) is 5.23. The SMILES string of the molecule is CC(O)CC(NC(=O)c1cn(C)nc1CCC(F)(F)F)C(=O)O. The smallest absolute Gasteiger partial charge is 0.389 e. The number of aromatic nitrogens is 2. The quantitative estimate of drug-likeness (QED) is 0.685. The first-order valence-electron chi connectivity index (χ1n) is 6.80. The number of aliphatic hydroxyl groups is 1. The molecule has 1 aromatic rings. The predicted octanol–water partition coefficient (Wildman–Crippen LogP) is 0.869. The van der Waals surface area contributed by atoms with Crippen molar-refractivity contribution in [1.82, 2.24) is 15.1 Å². The van der Waals surface area contributed by atoms with Crippen molar-refractivity contribution < 1.29 is 33.0 Å². The number of carboxylic acids is 1. The van der Waals surface area contributed by atoms with Gasteiger partial charge in [-0.05, 0) is 6.92 Å². The molecule has 0 spiro atoms. The lowest BCUT2D eigenvalue weighted by atomic mass is 10.1. The summed E-state index contributed by atoms with van der Waals surface area (Å²) in [4.78, 5) is 23.2. The second-order valence-corrected chi connectivity index (χ2v) is 5.23. The van der Waals surface area contributed by atoms with Gasteiger partial charge in [-0.15, -0.1) is 0 Å². The monoisotopic (exact) mass is 337 g/mol. The van der Waals surface area contributed by atoms with Gasteiger partial charge in [0.25, 0.3) is 5.91 Å². The van der Waals surface area contributed by atoms with Crippen molar-refractivity contribution in [2.75, 3.05) is 0 Å². The first-order chi connectivity index (χ1) is 10.5. The predicted molar refractivity (Wildman–Crippen MR) is 72.8 cm³/mol. The number of nitrogens with zero attached hydrogens (tertiary/aromatic N) is 2. The third kappa shape index (κ3) is 6.27. The molecule has 0 saturated carbocycles. The van der Waals surface area contributed by atoms with Crippen LogP contribution in [0.5, 0.6) is 0 Å². The maximum absolute atomic E-state index is 12.3. The van der Waals surface area contributed by atoms with Gasteiger partial charge in [-0.2, -0.15) is 18.3 Å². The van der Waals surface area contributed by atoms with Gasteiger partial charge in [-0.25, -0.2) is 4.79 Å². The average molecular weight is 337 g/mol. The molecule has 0 saturated heterocycles. The van der Waals surface area contributed by atoms with Crippen LogP contribution in [0.2, 0.25) is 0 Å². The zero-order valence-corrected chi connectivity index (χ0v) is 12.6. The highest BCUT2D eigenvalue weighted by Gasteiger charge is 2.29. The van der Waals surface area contributed by atoms with Crippen LogP contribution < -0.4 is 5.32 Å². The Morgan fingerprint density at radius 3 is 2.52 bits per heavy atom. The van der Waals surface area contributed by atoms with Crippen LogP contribution >= 0.6 is 0 Å².